The number of aryl methyl sites for hydroxylation is 1. The van der Waals surface area contributed by atoms with Crippen molar-refractivity contribution >= 4 is 11.6 Å². The number of carbonyl (C=O) groups is 1. The number of pyridine rings is 1. The number of methoxy groups -OCH3 is 1. The quantitative estimate of drug-likeness (QED) is 0.814. The standard InChI is InChI=1S/C16H21N3O2/c1-11-17-15-10-13(7-8-19(15)18-11)9-12-3-5-14(6-4-12)16(20)21-2/h7-8,10,12,14H,3-6,9H2,1-2H3. The molecule has 1 saturated carbocycles. The molecule has 2 aromatic rings. The Morgan fingerprint density at radius 1 is 1.38 bits per heavy atom. The molecule has 0 unspecified atom stereocenters. The van der Waals surface area contributed by atoms with Crippen molar-refractivity contribution in [3.8, 4) is 0 Å². The number of aromatic nitrogens is 3. The van der Waals surface area contributed by atoms with Crippen LogP contribution in [0.15, 0.2) is 18.3 Å². The van der Waals surface area contributed by atoms with E-state index in [9.17, 15) is 4.79 Å². The summed E-state index contributed by atoms with van der Waals surface area (Å²) in [5.41, 5.74) is 2.21. The maximum atomic E-state index is 11.5. The Morgan fingerprint density at radius 3 is 2.86 bits per heavy atom. The molecule has 0 atom stereocenters. The Kier molecular flexibility index (Phi) is 3.90. The van der Waals surface area contributed by atoms with Gasteiger partial charge < -0.3 is 4.74 Å². The third-order valence-electron chi connectivity index (χ3n) is 4.41. The summed E-state index contributed by atoms with van der Waals surface area (Å²) in [6, 6.07) is 4.24. The zero-order valence-corrected chi connectivity index (χ0v) is 12.6. The topological polar surface area (TPSA) is 56.5 Å². The molecule has 0 amide bonds. The zero-order chi connectivity index (χ0) is 14.8. The fourth-order valence-corrected chi connectivity index (χ4v) is 3.26. The first-order chi connectivity index (χ1) is 10.2. The minimum Gasteiger partial charge on any atom is -0.469 e. The van der Waals surface area contributed by atoms with E-state index in [0.717, 1.165) is 43.6 Å². The highest BCUT2D eigenvalue weighted by atomic mass is 16.5. The molecule has 5 heteroatoms. The van der Waals surface area contributed by atoms with Gasteiger partial charge in [0.15, 0.2) is 5.65 Å². The number of fused-ring (bicyclic) bond motifs is 1. The third-order valence-corrected chi connectivity index (χ3v) is 4.41. The van der Waals surface area contributed by atoms with Gasteiger partial charge >= 0.3 is 5.97 Å². The zero-order valence-electron chi connectivity index (χ0n) is 12.6. The molecular formula is C16H21N3O2. The SMILES string of the molecule is COC(=O)C1CCC(Cc2ccn3nc(C)nc3c2)CC1. The summed E-state index contributed by atoms with van der Waals surface area (Å²) in [7, 11) is 1.48. The smallest absolute Gasteiger partial charge is 0.308 e. The summed E-state index contributed by atoms with van der Waals surface area (Å²) >= 11 is 0. The van der Waals surface area contributed by atoms with Gasteiger partial charge in [0.1, 0.15) is 5.82 Å². The van der Waals surface area contributed by atoms with Crippen LogP contribution in [0, 0.1) is 18.8 Å². The second-order valence-corrected chi connectivity index (χ2v) is 5.94. The van der Waals surface area contributed by atoms with Gasteiger partial charge in [0, 0.05) is 6.20 Å². The van der Waals surface area contributed by atoms with Crippen LogP contribution in [0.5, 0.6) is 0 Å². The van der Waals surface area contributed by atoms with Gasteiger partial charge in [-0.15, -0.1) is 0 Å². The Balaban J connectivity index is 1.62. The van der Waals surface area contributed by atoms with Gasteiger partial charge in [0.05, 0.1) is 13.0 Å². The Labute approximate surface area is 124 Å². The summed E-state index contributed by atoms with van der Waals surface area (Å²) in [6.45, 7) is 1.90. The Morgan fingerprint density at radius 2 is 2.14 bits per heavy atom. The van der Waals surface area contributed by atoms with Gasteiger partial charge in [-0.2, -0.15) is 5.10 Å². The molecule has 2 heterocycles. The van der Waals surface area contributed by atoms with Crippen LogP contribution < -0.4 is 0 Å². The van der Waals surface area contributed by atoms with Crippen molar-refractivity contribution in [3.05, 3.63) is 29.7 Å². The van der Waals surface area contributed by atoms with E-state index in [1.165, 1.54) is 12.7 Å². The lowest BCUT2D eigenvalue weighted by Crippen LogP contribution is -2.23. The largest absolute Gasteiger partial charge is 0.469 e. The molecule has 0 radical (unpaired) electrons. The fourth-order valence-electron chi connectivity index (χ4n) is 3.26. The van der Waals surface area contributed by atoms with E-state index in [2.05, 4.69) is 22.2 Å². The monoisotopic (exact) mass is 287 g/mol. The van der Waals surface area contributed by atoms with Crippen LogP contribution in [-0.4, -0.2) is 27.7 Å². The first-order valence-electron chi connectivity index (χ1n) is 7.55. The van der Waals surface area contributed by atoms with E-state index in [-0.39, 0.29) is 11.9 Å². The average molecular weight is 287 g/mol. The lowest BCUT2D eigenvalue weighted by atomic mass is 9.79. The van der Waals surface area contributed by atoms with Crippen molar-refractivity contribution in [1.29, 1.82) is 0 Å². The van der Waals surface area contributed by atoms with Gasteiger partial charge in [-0.3, -0.25) is 4.79 Å². The number of hydrogen-bond acceptors (Lipinski definition) is 4. The third kappa shape index (κ3) is 3.06. The van der Waals surface area contributed by atoms with E-state index in [1.807, 2.05) is 17.6 Å². The van der Waals surface area contributed by atoms with E-state index < -0.39 is 0 Å². The van der Waals surface area contributed by atoms with Gasteiger partial charge in [-0.05, 0) is 62.6 Å². The molecule has 112 valence electrons. The molecule has 0 bridgehead atoms. The van der Waals surface area contributed by atoms with Crippen LogP contribution >= 0.6 is 0 Å². The molecule has 1 aliphatic carbocycles. The lowest BCUT2D eigenvalue weighted by Gasteiger charge is -2.26. The van der Waals surface area contributed by atoms with Gasteiger partial charge in [0.25, 0.3) is 0 Å². The van der Waals surface area contributed by atoms with Crippen LogP contribution in [0.4, 0.5) is 0 Å². The highest BCUT2D eigenvalue weighted by Crippen LogP contribution is 2.31. The predicted molar refractivity (Wildman–Crippen MR) is 78.9 cm³/mol. The number of esters is 1. The second kappa shape index (κ2) is 5.84. The summed E-state index contributed by atoms with van der Waals surface area (Å²) in [6.07, 6.45) is 7.11. The van der Waals surface area contributed by atoms with Crippen LogP contribution in [-0.2, 0) is 16.0 Å². The van der Waals surface area contributed by atoms with Gasteiger partial charge in [-0.25, -0.2) is 9.50 Å². The minimum atomic E-state index is -0.0474. The molecule has 1 aliphatic rings. The predicted octanol–water partition coefficient (Wildman–Crippen LogP) is 2.56. The molecule has 0 aliphatic heterocycles. The maximum Gasteiger partial charge on any atom is 0.308 e. The van der Waals surface area contributed by atoms with Crippen molar-refractivity contribution in [1.82, 2.24) is 14.6 Å². The molecule has 21 heavy (non-hydrogen) atoms. The number of carbonyl (C=O) groups excluding carboxylic acids is 1. The molecule has 3 rings (SSSR count). The van der Waals surface area contributed by atoms with Gasteiger partial charge in [-0.1, -0.05) is 0 Å². The normalized spacial score (nSPS) is 22.4. The first kappa shape index (κ1) is 14.0. The molecule has 0 N–H and O–H groups in total. The second-order valence-electron chi connectivity index (χ2n) is 5.94. The molecule has 0 spiro atoms. The molecular weight excluding hydrogens is 266 g/mol. The van der Waals surface area contributed by atoms with E-state index in [0.29, 0.717) is 5.92 Å². The average Bonchev–Trinajstić information content (AvgIpc) is 2.86. The highest BCUT2D eigenvalue weighted by molar-refractivity contribution is 5.72. The Hall–Kier alpha value is -1.91. The lowest BCUT2D eigenvalue weighted by molar-refractivity contribution is -0.146. The van der Waals surface area contributed by atoms with Gasteiger partial charge in [0.2, 0.25) is 0 Å². The molecule has 0 saturated heterocycles. The first-order valence-corrected chi connectivity index (χ1v) is 7.55. The molecule has 5 nitrogen and oxygen atoms in total. The molecule has 2 aromatic heterocycles. The number of hydrogen-bond donors (Lipinski definition) is 0. The molecule has 0 aromatic carbocycles. The van der Waals surface area contributed by atoms with Crippen LogP contribution in [0.1, 0.15) is 37.1 Å². The fraction of sp³-hybridized carbons (Fsp3) is 0.562. The van der Waals surface area contributed by atoms with Crippen molar-refractivity contribution in [3.63, 3.8) is 0 Å². The summed E-state index contributed by atoms with van der Waals surface area (Å²) in [4.78, 5) is 15.9. The Bertz CT molecular complexity index is 642. The van der Waals surface area contributed by atoms with E-state index in [1.54, 1.807) is 0 Å². The van der Waals surface area contributed by atoms with E-state index >= 15 is 0 Å². The number of nitrogens with zero attached hydrogens (tertiary/aromatic N) is 3. The van der Waals surface area contributed by atoms with Crippen molar-refractivity contribution in [2.45, 2.75) is 39.0 Å². The van der Waals surface area contributed by atoms with Crippen molar-refractivity contribution in [2.75, 3.05) is 7.11 Å². The summed E-state index contributed by atoms with van der Waals surface area (Å²) in [5.74, 6) is 1.50. The summed E-state index contributed by atoms with van der Waals surface area (Å²) < 4.78 is 6.65. The van der Waals surface area contributed by atoms with Crippen LogP contribution in [0.2, 0.25) is 0 Å². The minimum absolute atomic E-state index is 0.0474. The number of ether oxygens (including phenoxy) is 1. The van der Waals surface area contributed by atoms with Crippen molar-refractivity contribution < 1.29 is 9.53 Å². The van der Waals surface area contributed by atoms with Crippen molar-refractivity contribution in [2.24, 2.45) is 11.8 Å². The van der Waals surface area contributed by atoms with Crippen LogP contribution in [0.25, 0.3) is 5.65 Å². The van der Waals surface area contributed by atoms with Crippen LogP contribution in [0.3, 0.4) is 0 Å². The summed E-state index contributed by atoms with van der Waals surface area (Å²) in [5, 5.41) is 4.29. The highest BCUT2D eigenvalue weighted by Gasteiger charge is 2.26. The van der Waals surface area contributed by atoms with E-state index in [4.69, 9.17) is 4.74 Å². The molecule has 1 fully saturated rings. The maximum absolute atomic E-state index is 11.5. The number of rotatable bonds is 3.